The highest BCUT2D eigenvalue weighted by molar-refractivity contribution is 5.29. The van der Waals surface area contributed by atoms with Gasteiger partial charge in [0.1, 0.15) is 23.4 Å². The minimum atomic E-state index is -1.21. The third-order valence-corrected chi connectivity index (χ3v) is 2.76. The Kier molecular flexibility index (Phi) is 5.07. The second-order valence-electron chi connectivity index (χ2n) is 3.93. The van der Waals surface area contributed by atoms with Gasteiger partial charge in [0.15, 0.2) is 11.8 Å². The summed E-state index contributed by atoms with van der Waals surface area (Å²) in [5, 5.41) is 53.3. The SMILES string of the molecule is N#CC(C#N)C(C#N)c1ccc(C(C#N)C(C#N)C#N)o1. The quantitative estimate of drug-likeness (QED) is 0.809. The lowest BCUT2D eigenvalue weighted by molar-refractivity contribution is 0.422. The molecule has 0 amide bonds. The fraction of sp³-hybridized carbons (Fsp3) is 0.286. The normalized spacial score (nSPS) is 12.0. The topological polar surface area (TPSA) is 156 Å². The molecule has 0 saturated carbocycles. The molecule has 7 heteroatoms. The Bertz CT molecular complexity index is 675. The van der Waals surface area contributed by atoms with Crippen molar-refractivity contribution in [1.82, 2.24) is 0 Å². The van der Waals surface area contributed by atoms with E-state index in [1.807, 2.05) is 0 Å². The molecule has 1 heterocycles. The van der Waals surface area contributed by atoms with Crippen LogP contribution in [0.15, 0.2) is 16.5 Å². The molecule has 0 aliphatic rings. The van der Waals surface area contributed by atoms with Crippen molar-refractivity contribution in [3.63, 3.8) is 0 Å². The smallest absolute Gasteiger partial charge is 0.156 e. The first-order chi connectivity index (χ1) is 10.2. The molecule has 0 N–H and O–H groups in total. The molecule has 0 fully saturated rings. The van der Waals surface area contributed by atoms with Crippen LogP contribution in [0.3, 0.4) is 0 Å². The Balaban J connectivity index is 3.19. The monoisotopic (exact) mass is 274 g/mol. The van der Waals surface area contributed by atoms with Crippen molar-refractivity contribution >= 4 is 0 Å². The predicted molar refractivity (Wildman–Crippen MR) is 64.8 cm³/mol. The van der Waals surface area contributed by atoms with Gasteiger partial charge >= 0.3 is 0 Å². The van der Waals surface area contributed by atoms with E-state index < -0.39 is 23.7 Å². The van der Waals surface area contributed by atoms with Crippen LogP contribution in [0.25, 0.3) is 0 Å². The first kappa shape index (κ1) is 15.3. The van der Waals surface area contributed by atoms with Crippen LogP contribution in [0.1, 0.15) is 23.4 Å². The van der Waals surface area contributed by atoms with Crippen molar-refractivity contribution in [2.75, 3.05) is 0 Å². The third kappa shape index (κ3) is 2.97. The van der Waals surface area contributed by atoms with Crippen molar-refractivity contribution in [1.29, 1.82) is 31.6 Å². The maximum atomic E-state index is 9.04. The van der Waals surface area contributed by atoms with E-state index in [-0.39, 0.29) is 11.5 Å². The lowest BCUT2D eigenvalue weighted by Crippen LogP contribution is -2.08. The van der Waals surface area contributed by atoms with Crippen LogP contribution in [0.4, 0.5) is 0 Å². The Morgan fingerprint density at radius 3 is 1.19 bits per heavy atom. The molecule has 1 aromatic rings. The third-order valence-electron chi connectivity index (χ3n) is 2.76. The van der Waals surface area contributed by atoms with Gasteiger partial charge in [-0.05, 0) is 12.1 Å². The Hall–Kier alpha value is -3.78. The molecular weight excluding hydrogens is 268 g/mol. The average molecular weight is 274 g/mol. The molecule has 1 aromatic heterocycles. The van der Waals surface area contributed by atoms with Crippen LogP contribution in [-0.4, -0.2) is 0 Å². The van der Waals surface area contributed by atoms with Gasteiger partial charge in [-0.15, -0.1) is 0 Å². The number of furan rings is 1. The van der Waals surface area contributed by atoms with E-state index in [4.69, 9.17) is 36.0 Å². The minimum Gasteiger partial charge on any atom is -0.463 e. The number of nitrogens with zero attached hydrogens (tertiary/aromatic N) is 6. The minimum absolute atomic E-state index is 0.0514. The van der Waals surface area contributed by atoms with Crippen LogP contribution in [0, 0.1) is 79.8 Å². The van der Waals surface area contributed by atoms with Crippen molar-refractivity contribution in [3.05, 3.63) is 23.7 Å². The molecule has 1 rings (SSSR count). The number of rotatable bonds is 4. The first-order valence-electron chi connectivity index (χ1n) is 5.64. The lowest BCUT2D eigenvalue weighted by atomic mass is 9.93. The van der Waals surface area contributed by atoms with E-state index in [2.05, 4.69) is 0 Å². The van der Waals surface area contributed by atoms with Crippen LogP contribution < -0.4 is 0 Å². The maximum absolute atomic E-state index is 9.04. The number of hydrogen-bond acceptors (Lipinski definition) is 7. The second-order valence-corrected chi connectivity index (χ2v) is 3.93. The zero-order valence-electron chi connectivity index (χ0n) is 10.6. The molecule has 0 saturated heterocycles. The molecule has 0 aliphatic carbocycles. The molecule has 7 nitrogen and oxygen atoms in total. The van der Waals surface area contributed by atoms with Gasteiger partial charge < -0.3 is 4.42 Å². The Labute approximate surface area is 120 Å². The predicted octanol–water partition coefficient (Wildman–Crippen LogP) is 1.82. The van der Waals surface area contributed by atoms with Crippen LogP contribution in [0.2, 0.25) is 0 Å². The molecule has 2 unspecified atom stereocenters. The van der Waals surface area contributed by atoms with E-state index in [1.165, 1.54) is 12.1 Å². The highest BCUT2D eigenvalue weighted by Gasteiger charge is 2.30. The molecule has 0 spiro atoms. The highest BCUT2D eigenvalue weighted by atomic mass is 16.3. The number of hydrogen-bond donors (Lipinski definition) is 0. The molecular formula is C14H6N6O. The molecule has 0 radical (unpaired) electrons. The fourth-order valence-corrected chi connectivity index (χ4v) is 1.66. The summed E-state index contributed by atoms with van der Waals surface area (Å²) in [4.78, 5) is 0. The van der Waals surface area contributed by atoms with Gasteiger partial charge in [0.2, 0.25) is 0 Å². The molecule has 2 atom stereocenters. The largest absolute Gasteiger partial charge is 0.463 e. The second kappa shape index (κ2) is 6.97. The summed E-state index contributed by atoms with van der Waals surface area (Å²) in [5.74, 6) is -4.52. The summed E-state index contributed by atoms with van der Waals surface area (Å²) in [5.41, 5.74) is 0. The summed E-state index contributed by atoms with van der Waals surface area (Å²) in [6.45, 7) is 0. The van der Waals surface area contributed by atoms with Crippen LogP contribution in [0.5, 0.6) is 0 Å². The van der Waals surface area contributed by atoms with E-state index in [1.54, 1.807) is 36.4 Å². The van der Waals surface area contributed by atoms with Crippen molar-refractivity contribution in [2.24, 2.45) is 11.8 Å². The summed E-state index contributed by atoms with van der Waals surface area (Å²) < 4.78 is 5.31. The van der Waals surface area contributed by atoms with E-state index in [0.717, 1.165) is 0 Å². The average Bonchev–Trinajstić information content (AvgIpc) is 2.98. The van der Waals surface area contributed by atoms with Gasteiger partial charge in [-0.3, -0.25) is 0 Å². The van der Waals surface area contributed by atoms with Crippen molar-refractivity contribution < 1.29 is 4.42 Å². The number of nitriles is 6. The lowest BCUT2D eigenvalue weighted by Gasteiger charge is -2.07. The summed E-state index contributed by atoms with van der Waals surface area (Å²) in [6.07, 6.45) is 0. The van der Waals surface area contributed by atoms with Gasteiger partial charge in [-0.2, -0.15) is 31.6 Å². The molecule has 21 heavy (non-hydrogen) atoms. The van der Waals surface area contributed by atoms with Crippen molar-refractivity contribution in [2.45, 2.75) is 11.8 Å². The molecule has 0 bridgehead atoms. The van der Waals surface area contributed by atoms with Crippen LogP contribution >= 0.6 is 0 Å². The van der Waals surface area contributed by atoms with Gasteiger partial charge in [-0.25, -0.2) is 0 Å². The Morgan fingerprint density at radius 1 is 0.619 bits per heavy atom. The maximum Gasteiger partial charge on any atom is 0.156 e. The standard InChI is InChI=1S/C14H6N6O/c15-3-9(4-16)11(7-19)13-1-2-14(21-13)12(8-20)10(5-17)6-18/h1-2,9-12H. The summed E-state index contributed by atoms with van der Waals surface area (Å²) >= 11 is 0. The summed E-state index contributed by atoms with van der Waals surface area (Å²) in [7, 11) is 0. The van der Waals surface area contributed by atoms with Gasteiger partial charge in [-0.1, -0.05) is 0 Å². The van der Waals surface area contributed by atoms with E-state index in [0.29, 0.717) is 0 Å². The molecule has 0 aromatic carbocycles. The summed E-state index contributed by atoms with van der Waals surface area (Å²) in [6, 6.07) is 13.1. The van der Waals surface area contributed by atoms with Crippen LogP contribution in [-0.2, 0) is 0 Å². The fourth-order valence-electron chi connectivity index (χ4n) is 1.66. The van der Waals surface area contributed by atoms with Gasteiger partial charge in [0.05, 0.1) is 36.4 Å². The van der Waals surface area contributed by atoms with Gasteiger partial charge in [0, 0.05) is 0 Å². The van der Waals surface area contributed by atoms with Gasteiger partial charge in [0.25, 0.3) is 0 Å². The molecule has 98 valence electrons. The Morgan fingerprint density at radius 2 is 0.952 bits per heavy atom. The van der Waals surface area contributed by atoms with E-state index in [9.17, 15) is 0 Å². The zero-order valence-corrected chi connectivity index (χ0v) is 10.6. The first-order valence-corrected chi connectivity index (χ1v) is 5.64. The van der Waals surface area contributed by atoms with Crippen molar-refractivity contribution in [3.8, 4) is 36.4 Å². The van der Waals surface area contributed by atoms with E-state index >= 15 is 0 Å². The molecule has 0 aliphatic heterocycles. The zero-order chi connectivity index (χ0) is 15.8. The highest BCUT2D eigenvalue weighted by Crippen LogP contribution is 2.30.